The molecular weight excluding hydrogens is 362 g/mol. The van der Waals surface area contributed by atoms with Crippen LogP contribution in [0.5, 0.6) is 0 Å². The molecule has 3 rings (SSSR count). The summed E-state index contributed by atoms with van der Waals surface area (Å²) in [6.45, 7) is 6.15. The van der Waals surface area contributed by atoms with Gasteiger partial charge >= 0.3 is 0 Å². The summed E-state index contributed by atoms with van der Waals surface area (Å²) in [4.78, 5) is 20.7. The lowest BCUT2D eigenvalue weighted by atomic mass is 9.86. The van der Waals surface area contributed by atoms with E-state index in [9.17, 15) is 13.6 Å². The van der Waals surface area contributed by atoms with Gasteiger partial charge in [0.2, 0.25) is 5.95 Å². The highest BCUT2D eigenvalue weighted by Gasteiger charge is 2.19. The van der Waals surface area contributed by atoms with Gasteiger partial charge in [0.05, 0.1) is 0 Å². The lowest BCUT2D eigenvalue weighted by molar-refractivity contribution is 0.102. The number of aromatic nitrogens is 2. The average molecular weight is 382 g/mol. The molecule has 0 spiro atoms. The molecule has 1 amide bonds. The number of nitrogens with one attached hydrogen (secondary N) is 2. The fourth-order valence-electron chi connectivity index (χ4n) is 2.71. The second kappa shape index (κ2) is 7.72. The number of carbonyl (C=O) groups excluding carboxylic acids is 1. The van der Waals surface area contributed by atoms with Gasteiger partial charge in [-0.1, -0.05) is 45.0 Å². The van der Waals surface area contributed by atoms with Crippen LogP contribution < -0.4 is 10.6 Å². The van der Waals surface area contributed by atoms with Gasteiger partial charge in [-0.25, -0.2) is 18.7 Å². The third-order valence-corrected chi connectivity index (χ3v) is 4.07. The third-order valence-electron chi connectivity index (χ3n) is 4.07. The third kappa shape index (κ3) is 4.31. The molecule has 0 bridgehead atoms. The van der Waals surface area contributed by atoms with Crippen LogP contribution in [0.25, 0.3) is 0 Å². The zero-order valence-corrected chi connectivity index (χ0v) is 15.8. The molecule has 2 N–H and O–H groups in total. The highest BCUT2D eigenvalue weighted by molar-refractivity contribution is 6.03. The monoisotopic (exact) mass is 382 g/mol. The molecule has 0 aliphatic carbocycles. The molecule has 0 saturated carbocycles. The standard InChI is InChI=1S/C21H20F2N4O/c1-21(2,3)13-7-4-5-10-16(13)25-19(28)17-11-12-24-20(26-17)27-18-14(22)8-6-9-15(18)23/h4-12H,1-3H3,(H,25,28)(H,24,26,27). The Morgan fingerprint density at radius 1 is 0.964 bits per heavy atom. The first-order valence-corrected chi connectivity index (χ1v) is 8.70. The van der Waals surface area contributed by atoms with Crippen LogP contribution in [0.4, 0.5) is 26.1 Å². The number of para-hydroxylation sites is 2. The van der Waals surface area contributed by atoms with Gasteiger partial charge in [0, 0.05) is 11.9 Å². The van der Waals surface area contributed by atoms with Crippen LogP contribution in [0.15, 0.2) is 54.7 Å². The SMILES string of the molecule is CC(C)(C)c1ccccc1NC(=O)c1ccnc(Nc2c(F)cccc2F)n1. The first kappa shape index (κ1) is 19.4. The molecule has 5 nitrogen and oxygen atoms in total. The lowest BCUT2D eigenvalue weighted by Gasteiger charge is -2.22. The van der Waals surface area contributed by atoms with Crippen molar-refractivity contribution < 1.29 is 13.6 Å². The molecule has 0 aliphatic heterocycles. The Morgan fingerprint density at radius 3 is 2.32 bits per heavy atom. The van der Waals surface area contributed by atoms with Gasteiger partial charge in [-0.05, 0) is 35.2 Å². The fraction of sp³-hybridized carbons (Fsp3) is 0.190. The number of anilines is 3. The van der Waals surface area contributed by atoms with E-state index in [4.69, 9.17) is 0 Å². The highest BCUT2D eigenvalue weighted by atomic mass is 19.1. The number of carbonyl (C=O) groups is 1. The van der Waals surface area contributed by atoms with E-state index in [1.54, 1.807) is 0 Å². The molecule has 144 valence electrons. The molecular formula is C21H20F2N4O. The minimum absolute atomic E-state index is 0.0676. The predicted molar refractivity (Wildman–Crippen MR) is 105 cm³/mol. The van der Waals surface area contributed by atoms with Crippen molar-refractivity contribution in [3.63, 3.8) is 0 Å². The van der Waals surface area contributed by atoms with Crippen LogP contribution in [-0.4, -0.2) is 15.9 Å². The van der Waals surface area contributed by atoms with Crippen molar-refractivity contribution in [1.29, 1.82) is 0 Å². The Morgan fingerprint density at radius 2 is 1.64 bits per heavy atom. The van der Waals surface area contributed by atoms with E-state index in [0.29, 0.717) is 5.69 Å². The molecule has 2 aromatic carbocycles. The maximum Gasteiger partial charge on any atom is 0.274 e. The summed E-state index contributed by atoms with van der Waals surface area (Å²) < 4.78 is 27.6. The van der Waals surface area contributed by atoms with Crippen molar-refractivity contribution >= 4 is 23.2 Å². The first-order chi connectivity index (χ1) is 13.3. The molecule has 1 aromatic heterocycles. The van der Waals surface area contributed by atoms with Crippen LogP contribution in [0.3, 0.4) is 0 Å². The van der Waals surface area contributed by atoms with Crippen molar-refractivity contribution in [2.75, 3.05) is 10.6 Å². The quantitative estimate of drug-likeness (QED) is 0.663. The van der Waals surface area contributed by atoms with E-state index in [1.807, 2.05) is 45.0 Å². The minimum atomic E-state index is -0.780. The molecule has 1 heterocycles. The Hall–Kier alpha value is -3.35. The molecule has 0 unspecified atom stereocenters. The van der Waals surface area contributed by atoms with E-state index < -0.39 is 17.5 Å². The van der Waals surface area contributed by atoms with Crippen molar-refractivity contribution in [1.82, 2.24) is 9.97 Å². The summed E-state index contributed by atoms with van der Waals surface area (Å²) in [5.41, 5.74) is 1.18. The van der Waals surface area contributed by atoms with Gasteiger partial charge in [0.15, 0.2) is 0 Å². The van der Waals surface area contributed by atoms with E-state index in [0.717, 1.165) is 17.7 Å². The van der Waals surface area contributed by atoms with Gasteiger partial charge in [-0.3, -0.25) is 4.79 Å². The highest BCUT2D eigenvalue weighted by Crippen LogP contribution is 2.29. The lowest BCUT2D eigenvalue weighted by Crippen LogP contribution is -2.19. The zero-order valence-electron chi connectivity index (χ0n) is 15.8. The molecule has 0 atom stereocenters. The van der Waals surface area contributed by atoms with Crippen molar-refractivity contribution in [2.24, 2.45) is 0 Å². The fourth-order valence-corrected chi connectivity index (χ4v) is 2.71. The molecule has 3 aromatic rings. The minimum Gasteiger partial charge on any atom is -0.320 e. The summed E-state index contributed by atoms with van der Waals surface area (Å²) >= 11 is 0. The van der Waals surface area contributed by atoms with E-state index in [2.05, 4.69) is 20.6 Å². The molecule has 28 heavy (non-hydrogen) atoms. The average Bonchev–Trinajstić information content (AvgIpc) is 2.65. The summed E-state index contributed by atoms with van der Waals surface area (Å²) in [5.74, 6) is -2.09. The van der Waals surface area contributed by atoms with E-state index in [-0.39, 0.29) is 22.7 Å². The van der Waals surface area contributed by atoms with Gasteiger partial charge in [0.1, 0.15) is 23.0 Å². The molecule has 7 heteroatoms. The summed E-state index contributed by atoms with van der Waals surface area (Å²) in [6, 6.07) is 12.4. The smallest absolute Gasteiger partial charge is 0.274 e. The summed E-state index contributed by atoms with van der Waals surface area (Å²) in [6.07, 6.45) is 1.35. The van der Waals surface area contributed by atoms with Crippen LogP contribution in [0.2, 0.25) is 0 Å². The maximum absolute atomic E-state index is 13.8. The number of nitrogens with zero attached hydrogens (tertiary/aromatic N) is 2. The van der Waals surface area contributed by atoms with Crippen LogP contribution in [0, 0.1) is 11.6 Å². The number of hydrogen-bond donors (Lipinski definition) is 2. The van der Waals surface area contributed by atoms with Crippen molar-refractivity contribution in [3.05, 3.63) is 77.6 Å². The number of amides is 1. The Kier molecular flexibility index (Phi) is 5.35. The zero-order chi connectivity index (χ0) is 20.3. The summed E-state index contributed by atoms with van der Waals surface area (Å²) in [7, 11) is 0. The number of halogens is 2. The normalized spacial score (nSPS) is 11.2. The van der Waals surface area contributed by atoms with Gasteiger partial charge in [-0.2, -0.15) is 0 Å². The Labute approximate surface area is 161 Å². The van der Waals surface area contributed by atoms with Crippen molar-refractivity contribution in [3.8, 4) is 0 Å². The van der Waals surface area contributed by atoms with Crippen LogP contribution >= 0.6 is 0 Å². The van der Waals surface area contributed by atoms with E-state index in [1.165, 1.54) is 18.3 Å². The molecule has 0 aliphatic rings. The topological polar surface area (TPSA) is 66.9 Å². The number of benzene rings is 2. The second-order valence-corrected chi connectivity index (χ2v) is 7.24. The van der Waals surface area contributed by atoms with Gasteiger partial charge in [0.25, 0.3) is 5.91 Å². The van der Waals surface area contributed by atoms with Crippen LogP contribution in [-0.2, 0) is 5.41 Å². The van der Waals surface area contributed by atoms with Crippen LogP contribution in [0.1, 0.15) is 36.8 Å². The molecule has 0 saturated heterocycles. The molecule has 0 fully saturated rings. The number of hydrogen-bond acceptors (Lipinski definition) is 4. The second-order valence-electron chi connectivity index (χ2n) is 7.24. The Balaban J connectivity index is 1.84. The Bertz CT molecular complexity index is 995. The first-order valence-electron chi connectivity index (χ1n) is 8.70. The molecule has 0 radical (unpaired) electrons. The maximum atomic E-state index is 13.8. The largest absolute Gasteiger partial charge is 0.320 e. The van der Waals surface area contributed by atoms with Gasteiger partial charge in [-0.15, -0.1) is 0 Å². The van der Waals surface area contributed by atoms with E-state index >= 15 is 0 Å². The van der Waals surface area contributed by atoms with Gasteiger partial charge < -0.3 is 10.6 Å². The number of rotatable bonds is 4. The van der Waals surface area contributed by atoms with Crippen molar-refractivity contribution in [2.45, 2.75) is 26.2 Å². The summed E-state index contributed by atoms with van der Waals surface area (Å²) in [5, 5.41) is 5.33. The predicted octanol–water partition coefficient (Wildman–Crippen LogP) is 5.05.